The summed E-state index contributed by atoms with van der Waals surface area (Å²) >= 11 is 3.41. The van der Waals surface area contributed by atoms with E-state index in [1.165, 1.54) is 12.8 Å². The fourth-order valence-corrected chi connectivity index (χ4v) is 3.38. The summed E-state index contributed by atoms with van der Waals surface area (Å²) in [6.07, 6.45) is 7.12. The van der Waals surface area contributed by atoms with Gasteiger partial charge in [-0.15, -0.1) is 0 Å². The molecule has 2 aromatic rings. The van der Waals surface area contributed by atoms with E-state index < -0.39 is 0 Å². The monoisotopic (exact) mass is 348 g/mol. The summed E-state index contributed by atoms with van der Waals surface area (Å²) in [4.78, 5) is 23.3. The summed E-state index contributed by atoms with van der Waals surface area (Å²) in [5.74, 6) is 0.0131. The SMILES string of the molecule is O=Cc1cn(CC(=O)NC2CCCC2)c2ccc(Br)cc12. The van der Waals surface area contributed by atoms with Gasteiger partial charge in [0.1, 0.15) is 6.54 Å². The minimum Gasteiger partial charge on any atom is -0.352 e. The summed E-state index contributed by atoms with van der Waals surface area (Å²) in [5, 5.41) is 3.94. The molecule has 1 N–H and O–H groups in total. The lowest BCUT2D eigenvalue weighted by atomic mass is 10.2. The Labute approximate surface area is 131 Å². The zero-order chi connectivity index (χ0) is 14.8. The largest absolute Gasteiger partial charge is 0.352 e. The van der Waals surface area contributed by atoms with Gasteiger partial charge in [0.05, 0.1) is 0 Å². The van der Waals surface area contributed by atoms with Crippen LogP contribution < -0.4 is 5.32 Å². The van der Waals surface area contributed by atoms with E-state index in [0.717, 1.165) is 34.5 Å². The third-order valence-electron chi connectivity index (χ3n) is 4.04. The van der Waals surface area contributed by atoms with Crippen molar-refractivity contribution in [3.63, 3.8) is 0 Å². The topological polar surface area (TPSA) is 51.1 Å². The summed E-state index contributed by atoms with van der Waals surface area (Å²) in [6.45, 7) is 0.252. The molecule has 0 unspecified atom stereocenters. The molecule has 1 aliphatic carbocycles. The lowest BCUT2D eigenvalue weighted by Gasteiger charge is -2.12. The van der Waals surface area contributed by atoms with Crippen LogP contribution in [0.1, 0.15) is 36.0 Å². The van der Waals surface area contributed by atoms with Crippen molar-refractivity contribution in [2.24, 2.45) is 0 Å². The van der Waals surface area contributed by atoms with E-state index in [-0.39, 0.29) is 12.5 Å². The molecule has 21 heavy (non-hydrogen) atoms. The van der Waals surface area contributed by atoms with Gasteiger partial charge in [-0.1, -0.05) is 28.8 Å². The second-order valence-corrected chi connectivity index (χ2v) is 6.46. The Morgan fingerprint density at radius 2 is 2.14 bits per heavy atom. The number of nitrogens with zero attached hydrogens (tertiary/aromatic N) is 1. The maximum Gasteiger partial charge on any atom is 0.240 e. The molecular weight excluding hydrogens is 332 g/mol. The summed E-state index contributed by atoms with van der Waals surface area (Å²) in [7, 11) is 0. The number of amides is 1. The molecule has 1 aromatic heterocycles. The fraction of sp³-hybridized carbons (Fsp3) is 0.375. The highest BCUT2D eigenvalue weighted by Crippen LogP contribution is 2.24. The van der Waals surface area contributed by atoms with Crippen molar-refractivity contribution in [2.45, 2.75) is 38.3 Å². The van der Waals surface area contributed by atoms with E-state index in [1.807, 2.05) is 22.8 Å². The van der Waals surface area contributed by atoms with E-state index in [4.69, 9.17) is 0 Å². The molecule has 4 nitrogen and oxygen atoms in total. The van der Waals surface area contributed by atoms with Crippen molar-refractivity contribution >= 4 is 39.0 Å². The third kappa shape index (κ3) is 3.02. The van der Waals surface area contributed by atoms with Crippen LogP contribution >= 0.6 is 15.9 Å². The van der Waals surface area contributed by atoms with Crippen LogP contribution in [0.5, 0.6) is 0 Å². The lowest BCUT2D eigenvalue weighted by molar-refractivity contribution is -0.122. The molecular formula is C16H17BrN2O2. The van der Waals surface area contributed by atoms with Gasteiger partial charge in [0, 0.05) is 33.2 Å². The second-order valence-electron chi connectivity index (χ2n) is 5.54. The standard InChI is InChI=1S/C16H17BrN2O2/c17-12-5-6-15-14(7-12)11(10-20)8-19(15)9-16(21)18-13-3-1-2-4-13/h5-8,10,13H,1-4,9H2,(H,18,21). The Morgan fingerprint density at radius 3 is 2.86 bits per heavy atom. The average molecular weight is 349 g/mol. The molecule has 1 fully saturated rings. The zero-order valence-corrected chi connectivity index (χ0v) is 13.2. The Hall–Kier alpha value is -1.62. The van der Waals surface area contributed by atoms with Crippen LogP contribution in [-0.4, -0.2) is 22.8 Å². The maximum absolute atomic E-state index is 12.1. The Morgan fingerprint density at radius 1 is 1.38 bits per heavy atom. The van der Waals surface area contributed by atoms with Crippen molar-refractivity contribution < 1.29 is 9.59 Å². The number of halogens is 1. The molecule has 0 aliphatic heterocycles. The van der Waals surface area contributed by atoms with E-state index in [9.17, 15) is 9.59 Å². The van der Waals surface area contributed by atoms with Gasteiger partial charge in [0.15, 0.2) is 6.29 Å². The van der Waals surface area contributed by atoms with Crippen molar-refractivity contribution in [3.8, 4) is 0 Å². The molecule has 1 amide bonds. The quantitative estimate of drug-likeness (QED) is 0.862. The van der Waals surface area contributed by atoms with Gasteiger partial charge in [0.25, 0.3) is 0 Å². The highest BCUT2D eigenvalue weighted by Gasteiger charge is 2.18. The summed E-state index contributed by atoms with van der Waals surface area (Å²) in [5.41, 5.74) is 1.52. The molecule has 110 valence electrons. The normalized spacial score (nSPS) is 15.5. The van der Waals surface area contributed by atoms with E-state index in [2.05, 4.69) is 21.2 Å². The van der Waals surface area contributed by atoms with Crippen molar-refractivity contribution in [1.29, 1.82) is 0 Å². The summed E-state index contributed by atoms with van der Waals surface area (Å²) in [6, 6.07) is 6.07. The predicted molar refractivity (Wildman–Crippen MR) is 85.4 cm³/mol. The average Bonchev–Trinajstić information content (AvgIpc) is 3.07. The van der Waals surface area contributed by atoms with Crippen LogP contribution in [-0.2, 0) is 11.3 Å². The van der Waals surface area contributed by atoms with Gasteiger partial charge in [-0.25, -0.2) is 0 Å². The maximum atomic E-state index is 12.1. The van der Waals surface area contributed by atoms with E-state index >= 15 is 0 Å². The van der Waals surface area contributed by atoms with Crippen LogP contribution in [0.15, 0.2) is 28.9 Å². The molecule has 0 saturated heterocycles. The van der Waals surface area contributed by atoms with Crippen molar-refractivity contribution in [2.75, 3.05) is 0 Å². The molecule has 3 rings (SSSR count). The van der Waals surface area contributed by atoms with Gasteiger partial charge >= 0.3 is 0 Å². The minimum atomic E-state index is 0.0131. The molecule has 1 heterocycles. The van der Waals surface area contributed by atoms with E-state index in [0.29, 0.717) is 11.6 Å². The first-order valence-corrected chi connectivity index (χ1v) is 7.99. The number of fused-ring (bicyclic) bond motifs is 1. The number of nitrogens with one attached hydrogen (secondary N) is 1. The highest BCUT2D eigenvalue weighted by molar-refractivity contribution is 9.10. The van der Waals surface area contributed by atoms with Gasteiger partial charge < -0.3 is 9.88 Å². The number of carbonyl (C=O) groups is 2. The molecule has 1 aliphatic rings. The third-order valence-corrected chi connectivity index (χ3v) is 4.53. The van der Waals surface area contributed by atoms with E-state index in [1.54, 1.807) is 6.20 Å². The van der Waals surface area contributed by atoms with Crippen LogP contribution in [0.3, 0.4) is 0 Å². The van der Waals surface area contributed by atoms with Crippen molar-refractivity contribution in [1.82, 2.24) is 9.88 Å². The van der Waals surface area contributed by atoms with Crippen molar-refractivity contribution in [3.05, 3.63) is 34.4 Å². The first-order valence-electron chi connectivity index (χ1n) is 7.20. The van der Waals surface area contributed by atoms with Crippen LogP contribution in [0.4, 0.5) is 0 Å². The molecule has 1 saturated carbocycles. The number of benzene rings is 1. The van der Waals surface area contributed by atoms with Gasteiger partial charge in [0.2, 0.25) is 5.91 Å². The van der Waals surface area contributed by atoms with Crippen LogP contribution in [0, 0.1) is 0 Å². The number of rotatable bonds is 4. The second kappa shape index (κ2) is 6.02. The minimum absolute atomic E-state index is 0.0131. The summed E-state index contributed by atoms with van der Waals surface area (Å²) < 4.78 is 2.77. The van der Waals surface area contributed by atoms with Gasteiger partial charge in [-0.3, -0.25) is 9.59 Å². The number of hydrogen-bond donors (Lipinski definition) is 1. The molecule has 0 bridgehead atoms. The number of aldehydes is 1. The van der Waals surface area contributed by atoms with Crippen LogP contribution in [0.2, 0.25) is 0 Å². The van der Waals surface area contributed by atoms with Gasteiger partial charge in [-0.05, 0) is 31.0 Å². The Balaban J connectivity index is 1.83. The smallest absolute Gasteiger partial charge is 0.240 e. The molecule has 0 atom stereocenters. The first-order chi connectivity index (χ1) is 10.2. The number of carbonyl (C=O) groups excluding carboxylic acids is 2. The number of aromatic nitrogens is 1. The molecule has 5 heteroatoms. The Kier molecular flexibility index (Phi) is 4.10. The first kappa shape index (κ1) is 14.3. The lowest BCUT2D eigenvalue weighted by Crippen LogP contribution is -2.35. The highest BCUT2D eigenvalue weighted by atomic mass is 79.9. The zero-order valence-electron chi connectivity index (χ0n) is 11.6. The molecule has 1 aromatic carbocycles. The molecule has 0 radical (unpaired) electrons. The number of hydrogen-bond acceptors (Lipinski definition) is 2. The molecule has 0 spiro atoms. The van der Waals surface area contributed by atoms with Gasteiger partial charge in [-0.2, -0.15) is 0 Å². The van der Waals surface area contributed by atoms with Crippen LogP contribution in [0.25, 0.3) is 10.9 Å². The Bertz CT molecular complexity index is 687. The fourth-order valence-electron chi connectivity index (χ4n) is 3.02. The predicted octanol–water partition coefficient (Wildman–Crippen LogP) is 3.28.